The van der Waals surface area contributed by atoms with Crippen LogP contribution in [0.4, 0.5) is 0 Å². The molecular weight excluding hydrogens is 261 g/mol. The highest BCUT2D eigenvalue weighted by Gasteiger charge is 2.22. The van der Waals surface area contributed by atoms with Crippen molar-refractivity contribution in [2.24, 2.45) is 0 Å². The summed E-state index contributed by atoms with van der Waals surface area (Å²) in [6, 6.07) is 0. The summed E-state index contributed by atoms with van der Waals surface area (Å²) in [6.07, 6.45) is 4.13. The molecule has 0 aromatic carbocycles. The second kappa shape index (κ2) is 7.39. The second-order valence-electron chi connectivity index (χ2n) is 1.21. The fraction of sp³-hybridized carbons (Fsp3) is 0.750. The van der Waals surface area contributed by atoms with Gasteiger partial charge in [0.1, 0.15) is 4.84 Å². The third kappa shape index (κ3) is 16.4. The van der Waals surface area contributed by atoms with E-state index < -0.39 is 8.63 Å². The first-order valence-electron chi connectivity index (χ1n) is 1.98. The van der Waals surface area contributed by atoms with Crippen molar-refractivity contribution in [1.82, 2.24) is 0 Å². The van der Waals surface area contributed by atoms with E-state index >= 15 is 0 Å². The van der Waals surface area contributed by atoms with Gasteiger partial charge in [-0.2, -0.15) is 0 Å². The molecule has 0 aliphatic carbocycles. The van der Waals surface area contributed by atoms with Crippen LogP contribution in [0.15, 0.2) is 0 Å². The molecule has 0 unspecified atom stereocenters. The van der Waals surface area contributed by atoms with Crippen LogP contribution in [0.5, 0.6) is 0 Å². The highest BCUT2D eigenvalue weighted by molar-refractivity contribution is 6.68. The van der Waals surface area contributed by atoms with E-state index in [9.17, 15) is 0 Å². The standard InChI is InChI=1S/C3H3Cl5.CHCl/c4-2(5)1-3(6,7)8;1-2/h2H,1H2;1H. The zero-order chi connectivity index (χ0) is 8.78. The topological polar surface area (TPSA) is 0 Å². The van der Waals surface area contributed by atoms with Crippen LogP contribution in [0.25, 0.3) is 0 Å². The molecule has 2 radical (unpaired) electrons. The van der Waals surface area contributed by atoms with Crippen LogP contribution in [-0.2, 0) is 0 Å². The van der Waals surface area contributed by atoms with Gasteiger partial charge in [-0.25, -0.2) is 0 Å². The summed E-state index contributed by atoms with van der Waals surface area (Å²) in [5.41, 5.74) is 0. The Bertz CT molecular complexity index is 64.6. The molecule has 0 aliphatic rings. The van der Waals surface area contributed by atoms with E-state index in [2.05, 4.69) is 18.0 Å². The van der Waals surface area contributed by atoms with Crippen molar-refractivity contribution in [3.63, 3.8) is 0 Å². The fourth-order valence-electron chi connectivity index (χ4n) is 0.175. The van der Waals surface area contributed by atoms with Gasteiger partial charge in [0.15, 0.2) is 3.79 Å². The van der Waals surface area contributed by atoms with Gasteiger partial charge in [0.05, 0.1) is 6.38 Å². The number of hydrogen-bond donors (Lipinski definition) is 0. The summed E-state index contributed by atoms with van der Waals surface area (Å²) in [7, 11) is 0. The minimum Gasteiger partial charge on any atom is -0.120 e. The molecule has 0 N–H and O–H groups in total. The minimum absolute atomic E-state index is 0.154. The van der Waals surface area contributed by atoms with Crippen molar-refractivity contribution in [2.45, 2.75) is 15.0 Å². The van der Waals surface area contributed by atoms with Gasteiger partial charge in [0, 0.05) is 6.42 Å². The number of alkyl halides is 5. The number of halogens is 6. The Balaban J connectivity index is 0. The summed E-state index contributed by atoms with van der Waals surface area (Å²) >= 11 is 30.6. The molecule has 10 heavy (non-hydrogen) atoms. The zero-order valence-corrected chi connectivity index (χ0v) is 9.17. The molecule has 0 aromatic rings. The molecule has 0 nitrogen and oxygen atoms in total. The molecule has 0 rings (SSSR count). The van der Waals surface area contributed by atoms with Crippen LogP contribution >= 0.6 is 69.6 Å². The maximum atomic E-state index is 5.29. The molecule has 0 spiro atoms. The lowest BCUT2D eigenvalue weighted by atomic mass is 10.5. The van der Waals surface area contributed by atoms with Crippen molar-refractivity contribution in [3.8, 4) is 0 Å². The highest BCUT2D eigenvalue weighted by Crippen LogP contribution is 2.33. The van der Waals surface area contributed by atoms with Crippen molar-refractivity contribution in [3.05, 3.63) is 6.38 Å². The first kappa shape index (κ1) is 14.3. The predicted octanol–water partition coefficient (Wildman–Crippen LogP) is 4.44. The van der Waals surface area contributed by atoms with Crippen LogP contribution in [-0.4, -0.2) is 8.63 Å². The van der Waals surface area contributed by atoms with Gasteiger partial charge >= 0.3 is 0 Å². The molecule has 0 aliphatic heterocycles. The molecule has 0 amide bonds. The van der Waals surface area contributed by atoms with E-state index in [1.165, 1.54) is 0 Å². The fourth-order valence-corrected chi connectivity index (χ4v) is 1.57. The molecule has 62 valence electrons. The molecule has 0 fully saturated rings. The van der Waals surface area contributed by atoms with Gasteiger partial charge in [-0.05, 0) is 0 Å². The Morgan fingerprint density at radius 3 is 1.40 bits per heavy atom. The van der Waals surface area contributed by atoms with E-state index in [0.29, 0.717) is 0 Å². The third-order valence-electron chi connectivity index (χ3n) is 0.386. The SMILES string of the molecule is ClC(Cl)CC(Cl)(Cl)Cl.[CH]Cl. The van der Waals surface area contributed by atoms with E-state index in [-0.39, 0.29) is 6.42 Å². The van der Waals surface area contributed by atoms with E-state index in [4.69, 9.17) is 58.0 Å². The zero-order valence-electron chi connectivity index (χ0n) is 4.63. The van der Waals surface area contributed by atoms with Gasteiger partial charge in [-0.1, -0.05) is 34.8 Å². The Morgan fingerprint density at radius 2 is 1.40 bits per heavy atom. The highest BCUT2D eigenvalue weighted by atomic mass is 35.6. The monoisotopic (exact) mass is 262 g/mol. The summed E-state index contributed by atoms with van der Waals surface area (Å²) in [4.78, 5) is -0.609. The maximum Gasteiger partial charge on any atom is 0.193 e. The van der Waals surface area contributed by atoms with Crippen LogP contribution in [0.2, 0.25) is 0 Å². The first-order chi connectivity index (χ1) is 4.42. The quantitative estimate of drug-likeness (QED) is 0.614. The average Bonchev–Trinajstić information content (AvgIpc) is 1.64. The Labute approximate surface area is 90.7 Å². The number of hydrogen-bond acceptors (Lipinski definition) is 0. The van der Waals surface area contributed by atoms with Crippen molar-refractivity contribution in [2.75, 3.05) is 0 Å². The molecule has 0 aromatic heterocycles. The van der Waals surface area contributed by atoms with Crippen molar-refractivity contribution >= 4 is 69.6 Å². The van der Waals surface area contributed by atoms with Crippen molar-refractivity contribution in [1.29, 1.82) is 0 Å². The van der Waals surface area contributed by atoms with Gasteiger partial charge < -0.3 is 0 Å². The lowest BCUT2D eigenvalue weighted by Crippen LogP contribution is -2.06. The Kier molecular flexibility index (Phi) is 10.6. The smallest absolute Gasteiger partial charge is 0.120 e. The summed E-state index contributed by atoms with van der Waals surface area (Å²) < 4.78 is -1.33. The normalized spacial score (nSPS) is 10.8. The maximum absolute atomic E-state index is 5.29. The van der Waals surface area contributed by atoms with Crippen LogP contribution < -0.4 is 0 Å². The van der Waals surface area contributed by atoms with Gasteiger partial charge in [0.25, 0.3) is 0 Å². The van der Waals surface area contributed by atoms with Crippen LogP contribution in [0.1, 0.15) is 6.42 Å². The minimum atomic E-state index is -1.33. The predicted molar refractivity (Wildman–Crippen MR) is 50.6 cm³/mol. The molecule has 0 bridgehead atoms. The van der Waals surface area contributed by atoms with Gasteiger partial charge in [0.2, 0.25) is 0 Å². The van der Waals surface area contributed by atoms with Crippen LogP contribution in [0, 0.1) is 6.38 Å². The lowest BCUT2D eigenvalue weighted by molar-refractivity contribution is 0.938. The number of rotatable bonds is 1. The Morgan fingerprint density at radius 1 is 1.10 bits per heavy atom. The van der Waals surface area contributed by atoms with E-state index in [1.54, 1.807) is 0 Å². The van der Waals surface area contributed by atoms with Crippen LogP contribution in [0.3, 0.4) is 0 Å². The largest absolute Gasteiger partial charge is 0.193 e. The molecule has 0 saturated carbocycles. The molecule has 0 atom stereocenters. The molecular formula is C4H4Cl6. The Hall–Kier alpha value is 1.74. The van der Waals surface area contributed by atoms with Gasteiger partial charge in [-0.15, -0.1) is 34.8 Å². The van der Waals surface area contributed by atoms with E-state index in [1.807, 2.05) is 0 Å². The molecule has 0 heterocycles. The molecule has 6 heteroatoms. The summed E-state index contributed by atoms with van der Waals surface area (Å²) in [5.74, 6) is 0. The van der Waals surface area contributed by atoms with E-state index in [0.717, 1.165) is 0 Å². The first-order valence-corrected chi connectivity index (χ1v) is 4.43. The van der Waals surface area contributed by atoms with Gasteiger partial charge in [-0.3, -0.25) is 0 Å². The second-order valence-corrected chi connectivity index (χ2v) is 5.00. The van der Waals surface area contributed by atoms with Crippen molar-refractivity contribution < 1.29 is 0 Å². The molecule has 0 saturated heterocycles. The summed E-state index contributed by atoms with van der Waals surface area (Å²) in [6.45, 7) is 0. The average molecular weight is 265 g/mol. The lowest BCUT2D eigenvalue weighted by Gasteiger charge is -2.09. The summed E-state index contributed by atoms with van der Waals surface area (Å²) in [5, 5.41) is 0. The third-order valence-corrected chi connectivity index (χ3v) is 1.16.